The van der Waals surface area contributed by atoms with Crippen molar-refractivity contribution in [1.82, 2.24) is 0 Å². The molecule has 0 aliphatic heterocycles. The first-order chi connectivity index (χ1) is 9.61. The molecule has 1 amide bonds. The fraction of sp³-hybridized carbons (Fsp3) is 0.0667. The van der Waals surface area contributed by atoms with E-state index in [1.54, 1.807) is 30.3 Å². The average molecular weight is 270 g/mol. The maximum absolute atomic E-state index is 13.2. The van der Waals surface area contributed by atoms with Gasteiger partial charge in [0.25, 0.3) is 5.91 Å². The molecule has 0 aliphatic carbocycles. The van der Waals surface area contributed by atoms with Crippen LogP contribution in [-0.4, -0.2) is 5.91 Å². The molecular formula is C15H11FN2O2. The fourth-order valence-electron chi connectivity index (χ4n) is 1.71. The maximum atomic E-state index is 13.2. The van der Waals surface area contributed by atoms with Gasteiger partial charge in [0.05, 0.1) is 11.1 Å². The number of primary amides is 1. The van der Waals surface area contributed by atoms with Gasteiger partial charge in [-0.3, -0.25) is 4.79 Å². The molecule has 0 saturated heterocycles. The highest BCUT2D eigenvalue weighted by Crippen LogP contribution is 2.19. The van der Waals surface area contributed by atoms with E-state index in [9.17, 15) is 9.18 Å². The molecule has 4 nitrogen and oxygen atoms in total. The lowest BCUT2D eigenvalue weighted by molar-refractivity contribution is 0.0996. The van der Waals surface area contributed by atoms with E-state index in [-0.39, 0.29) is 17.7 Å². The average Bonchev–Trinajstić information content (AvgIpc) is 2.46. The van der Waals surface area contributed by atoms with Crippen LogP contribution in [0.25, 0.3) is 0 Å². The van der Waals surface area contributed by atoms with Crippen LogP contribution in [0, 0.1) is 17.1 Å². The van der Waals surface area contributed by atoms with Gasteiger partial charge in [-0.2, -0.15) is 5.26 Å². The third-order valence-corrected chi connectivity index (χ3v) is 2.70. The fourth-order valence-corrected chi connectivity index (χ4v) is 1.71. The molecule has 2 N–H and O–H groups in total. The van der Waals surface area contributed by atoms with E-state index in [1.165, 1.54) is 18.2 Å². The topological polar surface area (TPSA) is 76.1 Å². The van der Waals surface area contributed by atoms with E-state index in [0.29, 0.717) is 11.3 Å². The molecule has 0 aliphatic rings. The predicted molar refractivity (Wildman–Crippen MR) is 70.4 cm³/mol. The van der Waals surface area contributed by atoms with Crippen LogP contribution in [0.2, 0.25) is 0 Å². The standard InChI is InChI=1S/C15H11FN2O2/c16-13-6-5-10(7-11(13)8-17)9-20-14-4-2-1-3-12(14)15(18)19/h1-7H,9H2,(H2,18,19). The summed E-state index contributed by atoms with van der Waals surface area (Å²) in [6.45, 7) is 0.110. The van der Waals surface area contributed by atoms with E-state index in [2.05, 4.69) is 0 Å². The first kappa shape index (κ1) is 13.6. The van der Waals surface area contributed by atoms with Crippen molar-refractivity contribution >= 4 is 5.91 Å². The summed E-state index contributed by atoms with van der Waals surface area (Å²) in [7, 11) is 0. The van der Waals surface area contributed by atoms with Gasteiger partial charge in [0, 0.05) is 0 Å². The van der Waals surface area contributed by atoms with Gasteiger partial charge in [0.2, 0.25) is 0 Å². The van der Waals surface area contributed by atoms with Crippen LogP contribution < -0.4 is 10.5 Å². The number of nitrogens with two attached hydrogens (primary N) is 1. The Hall–Kier alpha value is -2.87. The Kier molecular flexibility index (Phi) is 3.96. The highest BCUT2D eigenvalue weighted by Gasteiger charge is 2.09. The molecule has 100 valence electrons. The van der Waals surface area contributed by atoms with Gasteiger partial charge in [-0.25, -0.2) is 4.39 Å². The third-order valence-electron chi connectivity index (χ3n) is 2.70. The van der Waals surface area contributed by atoms with Crippen LogP contribution in [0.5, 0.6) is 5.75 Å². The van der Waals surface area contributed by atoms with Gasteiger partial charge in [-0.15, -0.1) is 0 Å². The Morgan fingerprint density at radius 1 is 1.30 bits per heavy atom. The molecule has 0 spiro atoms. The van der Waals surface area contributed by atoms with Gasteiger partial charge >= 0.3 is 0 Å². The minimum absolute atomic E-state index is 0.0470. The third kappa shape index (κ3) is 2.93. The van der Waals surface area contributed by atoms with Gasteiger partial charge < -0.3 is 10.5 Å². The number of rotatable bonds is 4. The Balaban J connectivity index is 2.17. The first-order valence-electron chi connectivity index (χ1n) is 5.82. The van der Waals surface area contributed by atoms with Crippen LogP contribution in [0.15, 0.2) is 42.5 Å². The summed E-state index contributed by atoms with van der Waals surface area (Å²) in [5.74, 6) is -0.811. The summed E-state index contributed by atoms with van der Waals surface area (Å²) in [5.41, 5.74) is 6.09. The summed E-state index contributed by atoms with van der Waals surface area (Å²) in [4.78, 5) is 11.2. The zero-order valence-electron chi connectivity index (χ0n) is 10.5. The number of nitrogens with zero attached hydrogens (tertiary/aromatic N) is 1. The Bertz CT molecular complexity index is 693. The number of benzene rings is 2. The number of para-hydroxylation sites is 1. The highest BCUT2D eigenvalue weighted by molar-refractivity contribution is 5.95. The van der Waals surface area contributed by atoms with Crippen molar-refractivity contribution in [3.63, 3.8) is 0 Å². The van der Waals surface area contributed by atoms with Crippen LogP contribution in [0.3, 0.4) is 0 Å². The second kappa shape index (κ2) is 5.85. The van der Waals surface area contributed by atoms with E-state index < -0.39 is 11.7 Å². The van der Waals surface area contributed by atoms with E-state index in [0.717, 1.165) is 0 Å². The zero-order chi connectivity index (χ0) is 14.5. The summed E-state index contributed by atoms with van der Waals surface area (Å²) in [6.07, 6.45) is 0. The highest BCUT2D eigenvalue weighted by atomic mass is 19.1. The second-order valence-electron chi connectivity index (χ2n) is 4.08. The van der Waals surface area contributed by atoms with Crippen LogP contribution in [0.4, 0.5) is 4.39 Å². The Morgan fingerprint density at radius 3 is 2.75 bits per heavy atom. The van der Waals surface area contributed by atoms with Crippen LogP contribution in [0.1, 0.15) is 21.5 Å². The van der Waals surface area contributed by atoms with E-state index >= 15 is 0 Å². The molecule has 0 heterocycles. The molecule has 5 heteroatoms. The van der Waals surface area contributed by atoms with Crippen molar-refractivity contribution in [2.75, 3.05) is 0 Å². The number of halogens is 1. The molecule has 2 aromatic carbocycles. The summed E-state index contributed by atoms with van der Waals surface area (Å²) >= 11 is 0. The molecular weight excluding hydrogens is 259 g/mol. The van der Waals surface area contributed by atoms with Gasteiger partial charge in [0.15, 0.2) is 0 Å². The zero-order valence-corrected chi connectivity index (χ0v) is 10.5. The normalized spacial score (nSPS) is 9.80. The molecule has 0 unspecified atom stereocenters. The predicted octanol–water partition coefficient (Wildman–Crippen LogP) is 2.38. The lowest BCUT2D eigenvalue weighted by Gasteiger charge is -2.09. The van der Waals surface area contributed by atoms with Crippen LogP contribution >= 0.6 is 0 Å². The van der Waals surface area contributed by atoms with Gasteiger partial charge in [-0.1, -0.05) is 18.2 Å². The number of carbonyl (C=O) groups excluding carboxylic acids is 1. The van der Waals surface area contributed by atoms with E-state index in [4.69, 9.17) is 15.7 Å². The molecule has 2 rings (SSSR count). The molecule has 0 fully saturated rings. The Labute approximate surface area is 115 Å². The minimum Gasteiger partial charge on any atom is -0.488 e. The monoisotopic (exact) mass is 270 g/mol. The molecule has 0 aromatic heterocycles. The summed E-state index contributed by atoms with van der Waals surface area (Å²) < 4.78 is 18.7. The first-order valence-corrected chi connectivity index (χ1v) is 5.82. The second-order valence-corrected chi connectivity index (χ2v) is 4.08. The van der Waals surface area contributed by atoms with Crippen molar-refractivity contribution in [3.05, 3.63) is 65.0 Å². The largest absolute Gasteiger partial charge is 0.488 e. The van der Waals surface area contributed by atoms with Crippen molar-refractivity contribution in [3.8, 4) is 11.8 Å². The lowest BCUT2D eigenvalue weighted by atomic mass is 10.1. The van der Waals surface area contributed by atoms with E-state index in [1.807, 2.05) is 0 Å². The minimum atomic E-state index is -0.586. The number of nitriles is 1. The summed E-state index contributed by atoms with van der Waals surface area (Å²) in [5, 5.41) is 8.75. The van der Waals surface area contributed by atoms with Crippen molar-refractivity contribution in [2.45, 2.75) is 6.61 Å². The quantitative estimate of drug-likeness (QED) is 0.926. The molecule has 0 bridgehead atoms. The number of hydrogen-bond donors (Lipinski definition) is 1. The molecule has 0 atom stereocenters. The van der Waals surface area contributed by atoms with Crippen molar-refractivity contribution < 1.29 is 13.9 Å². The lowest BCUT2D eigenvalue weighted by Crippen LogP contribution is -2.12. The Morgan fingerprint density at radius 2 is 2.05 bits per heavy atom. The van der Waals surface area contributed by atoms with Gasteiger partial charge in [0.1, 0.15) is 24.2 Å². The number of amides is 1. The molecule has 0 radical (unpaired) electrons. The number of ether oxygens (including phenoxy) is 1. The molecule has 0 saturated carbocycles. The molecule has 20 heavy (non-hydrogen) atoms. The number of hydrogen-bond acceptors (Lipinski definition) is 3. The maximum Gasteiger partial charge on any atom is 0.252 e. The smallest absolute Gasteiger partial charge is 0.252 e. The van der Waals surface area contributed by atoms with Crippen molar-refractivity contribution in [2.24, 2.45) is 5.73 Å². The number of carbonyl (C=O) groups is 1. The van der Waals surface area contributed by atoms with Crippen molar-refractivity contribution in [1.29, 1.82) is 5.26 Å². The molecule has 2 aromatic rings. The summed E-state index contributed by atoms with van der Waals surface area (Å²) in [6, 6.07) is 12.5. The van der Waals surface area contributed by atoms with Crippen LogP contribution in [-0.2, 0) is 6.61 Å². The SMILES string of the molecule is N#Cc1cc(COc2ccccc2C(N)=O)ccc1F. The van der Waals surface area contributed by atoms with Gasteiger partial charge in [-0.05, 0) is 29.8 Å².